The molecule has 3 rings (SSSR count). The lowest BCUT2D eigenvalue weighted by molar-refractivity contribution is -0.134. The van der Waals surface area contributed by atoms with Crippen molar-refractivity contribution in [1.29, 1.82) is 0 Å². The van der Waals surface area contributed by atoms with Gasteiger partial charge in [-0.2, -0.15) is 0 Å². The first-order chi connectivity index (χ1) is 12.5. The highest BCUT2D eigenvalue weighted by atomic mass is 16.3. The molecule has 1 fully saturated rings. The number of nitrogens with one attached hydrogen (secondary N) is 2. The first-order valence-corrected chi connectivity index (χ1v) is 8.45. The monoisotopic (exact) mass is 355 g/mol. The Labute approximate surface area is 151 Å². The standard InChI is InChI=1S/C19H21N3O4/c1-19(10-9-14-6-3-2-4-7-14)17(24)22(18(25)21-19)13-16(23)20-12-15-8-5-11-26-15/h2-8,11H,9-10,12-13H2,1H3,(H,20,23)(H,21,25)/t19-/m0/s1. The predicted molar refractivity (Wildman–Crippen MR) is 94.0 cm³/mol. The molecule has 7 heteroatoms. The number of furan rings is 1. The Balaban J connectivity index is 1.56. The van der Waals surface area contributed by atoms with Gasteiger partial charge in [-0.25, -0.2) is 4.79 Å². The van der Waals surface area contributed by atoms with Crippen LogP contribution in [0.25, 0.3) is 0 Å². The first-order valence-electron chi connectivity index (χ1n) is 8.45. The number of nitrogens with zero attached hydrogens (tertiary/aromatic N) is 1. The minimum absolute atomic E-state index is 0.209. The van der Waals surface area contributed by atoms with Crippen LogP contribution in [-0.2, 0) is 22.6 Å². The largest absolute Gasteiger partial charge is 0.467 e. The molecule has 0 bridgehead atoms. The Morgan fingerprint density at radius 1 is 1.19 bits per heavy atom. The number of urea groups is 1. The second kappa shape index (κ2) is 7.43. The molecule has 136 valence electrons. The summed E-state index contributed by atoms with van der Waals surface area (Å²) in [5.41, 5.74) is 0.0826. The van der Waals surface area contributed by atoms with Crippen LogP contribution in [0.15, 0.2) is 53.1 Å². The molecular formula is C19H21N3O4. The van der Waals surface area contributed by atoms with Crippen LogP contribution in [0.5, 0.6) is 0 Å². The highest BCUT2D eigenvalue weighted by Gasteiger charge is 2.47. The van der Waals surface area contributed by atoms with E-state index in [1.807, 2.05) is 30.3 Å². The van der Waals surface area contributed by atoms with E-state index >= 15 is 0 Å². The van der Waals surface area contributed by atoms with Crippen molar-refractivity contribution in [1.82, 2.24) is 15.5 Å². The van der Waals surface area contributed by atoms with Gasteiger partial charge in [0.25, 0.3) is 5.91 Å². The molecule has 0 radical (unpaired) electrons. The van der Waals surface area contributed by atoms with Gasteiger partial charge >= 0.3 is 6.03 Å². The second-order valence-corrected chi connectivity index (χ2v) is 6.50. The van der Waals surface area contributed by atoms with Crippen LogP contribution in [-0.4, -0.2) is 34.8 Å². The van der Waals surface area contributed by atoms with Crippen molar-refractivity contribution in [3.05, 3.63) is 60.1 Å². The Morgan fingerprint density at radius 2 is 1.96 bits per heavy atom. The number of aryl methyl sites for hydroxylation is 1. The highest BCUT2D eigenvalue weighted by molar-refractivity contribution is 6.08. The van der Waals surface area contributed by atoms with Gasteiger partial charge in [0.05, 0.1) is 12.8 Å². The summed E-state index contributed by atoms with van der Waals surface area (Å²) in [5, 5.41) is 5.35. The van der Waals surface area contributed by atoms with Gasteiger partial charge in [-0.1, -0.05) is 30.3 Å². The van der Waals surface area contributed by atoms with E-state index < -0.39 is 17.5 Å². The van der Waals surface area contributed by atoms with Crippen LogP contribution in [0, 0.1) is 0 Å². The first kappa shape index (κ1) is 17.7. The van der Waals surface area contributed by atoms with Gasteiger partial charge in [0, 0.05) is 0 Å². The zero-order valence-corrected chi connectivity index (χ0v) is 14.5. The van der Waals surface area contributed by atoms with Crippen LogP contribution >= 0.6 is 0 Å². The smallest absolute Gasteiger partial charge is 0.325 e. The minimum atomic E-state index is -1.01. The van der Waals surface area contributed by atoms with Gasteiger partial charge < -0.3 is 15.1 Å². The summed E-state index contributed by atoms with van der Waals surface area (Å²) < 4.78 is 5.13. The van der Waals surface area contributed by atoms with Gasteiger partial charge in [-0.15, -0.1) is 0 Å². The molecule has 0 unspecified atom stereocenters. The summed E-state index contributed by atoms with van der Waals surface area (Å²) in [6.45, 7) is 1.59. The van der Waals surface area contributed by atoms with Crippen molar-refractivity contribution in [2.24, 2.45) is 0 Å². The van der Waals surface area contributed by atoms with Gasteiger partial charge in [0.15, 0.2) is 0 Å². The number of hydrogen-bond donors (Lipinski definition) is 2. The number of benzene rings is 1. The van der Waals surface area contributed by atoms with Crippen LogP contribution in [0.1, 0.15) is 24.7 Å². The van der Waals surface area contributed by atoms with Crippen molar-refractivity contribution in [3.8, 4) is 0 Å². The lowest BCUT2D eigenvalue weighted by Crippen LogP contribution is -2.45. The highest BCUT2D eigenvalue weighted by Crippen LogP contribution is 2.23. The van der Waals surface area contributed by atoms with Gasteiger partial charge in [-0.05, 0) is 37.5 Å². The van der Waals surface area contributed by atoms with Gasteiger partial charge in [-0.3, -0.25) is 14.5 Å². The zero-order valence-electron chi connectivity index (χ0n) is 14.5. The third kappa shape index (κ3) is 3.93. The molecule has 1 aromatic heterocycles. The van der Waals surface area contributed by atoms with Gasteiger partial charge in [0.1, 0.15) is 17.8 Å². The molecule has 1 aromatic carbocycles. The number of carbonyl (C=O) groups is 3. The maximum Gasteiger partial charge on any atom is 0.325 e. The maximum absolute atomic E-state index is 12.7. The fourth-order valence-corrected chi connectivity index (χ4v) is 2.90. The van der Waals surface area contributed by atoms with Crippen LogP contribution < -0.4 is 10.6 Å². The van der Waals surface area contributed by atoms with Crippen LogP contribution in [0.4, 0.5) is 4.79 Å². The predicted octanol–water partition coefficient (Wildman–Crippen LogP) is 1.84. The summed E-state index contributed by atoms with van der Waals surface area (Å²) in [7, 11) is 0. The molecule has 1 atom stereocenters. The molecule has 0 aliphatic carbocycles. The molecule has 7 nitrogen and oxygen atoms in total. The topological polar surface area (TPSA) is 91.7 Å². The Bertz CT molecular complexity index is 788. The third-order valence-electron chi connectivity index (χ3n) is 4.44. The molecule has 2 aromatic rings. The normalized spacial score (nSPS) is 19.5. The van der Waals surface area contributed by atoms with E-state index in [1.165, 1.54) is 6.26 Å². The minimum Gasteiger partial charge on any atom is -0.467 e. The number of imide groups is 1. The summed E-state index contributed by atoms with van der Waals surface area (Å²) in [6, 6.07) is 12.7. The second-order valence-electron chi connectivity index (χ2n) is 6.50. The summed E-state index contributed by atoms with van der Waals surface area (Å²) in [4.78, 5) is 37.9. The Hall–Kier alpha value is -3.09. The van der Waals surface area contributed by atoms with E-state index in [-0.39, 0.29) is 19.0 Å². The zero-order chi connectivity index (χ0) is 18.6. The van der Waals surface area contributed by atoms with Crippen molar-refractivity contribution >= 4 is 17.8 Å². The van der Waals surface area contributed by atoms with E-state index in [9.17, 15) is 14.4 Å². The van der Waals surface area contributed by atoms with Crippen LogP contribution in [0.2, 0.25) is 0 Å². The number of carbonyl (C=O) groups excluding carboxylic acids is 3. The van der Waals surface area contributed by atoms with E-state index in [2.05, 4.69) is 10.6 Å². The third-order valence-corrected chi connectivity index (χ3v) is 4.44. The van der Waals surface area contributed by atoms with Crippen LogP contribution in [0.3, 0.4) is 0 Å². The quantitative estimate of drug-likeness (QED) is 0.742. The Morgan fingerprint density at radius 3 is 2.65 bits per heavy atom. The van der Waals surface area contributed by atoms with Gasteiger partial charge in [0.2, 0.25) is 5.91 Å². The van der Waals surface area contributed by atoms with E-state index in [4.69, 9.17) is 4.42 Å². The molecule has 1 aliphatic heterocycles. The molecule has 0 spiro atoms. The number of amides is 4. The molecule has 0 saturated carbocycles. The fourth-order valence-electron chi connectivity index (χ4n) is 2.90. The molecule has 2 N–H and O–H groups in total. The molecule has 26 heavy (non-hydrogen) atoms. The molecule has 1 saturated heterocycles. The summed E-state index contributed by atoms with van der Waals surface area (Å²) in [6.07, 6.45) is 2.63. The van der Waals surface area contributed by atoms with E-state index in [1.54, 1.807) is 19.1 Å². The van der Waals surface area contributed by atoms with Crippen molar-refractivity contribution in [3.63, 3.8) is 0 Å². The number of hydrogen-bond acceptors (Lipinski definition) is 4. The SMILES string of the molecule is C[C@@]1(CCc2ccccc2)NC(=O)N(CC(=O)NCc2ccco2)C1=O. The summed E-state index contributed by atoms with van der Waals surface area (Å²) in [5.74, 6) is -0.202. The summed E-state index contributed by atoms with van der Waals surface area (Å²) >= 11 is 0. The Kier molecular flexibility index (Phi) is 5.06. The van der Waals surface area contributed by atoms with E-state index in [0.717, 1.165) is 10.5 Å². The average Bonchev–Trinajstić information content (AvgIpc) is 3.23. The maximum atomic E-state index is 12.7. The molecular weight excluding hydrogens is 334 g/mol. The van der Waals surface area contributed by atoms with E-state index in [0.29, 0.717) is 18.6 Å². The lowest BCUT2D eigenvalue weighted by atomic mass is 9.93. The molecule has 2 heterocycles. The average molecular weight is 355 g/mol. The fraction of sp³-hybridized carbons (Fsp3) is 0.316. The van der Waals surface area contributed by atoms with Crippen molar-refractivity contribution in [2.75, 3.05) is 6.54 Å². The lowest BCUT2D eigenvalue weighted by Gasteiger charge is -2.21. The molecule has 4 amide bonds. The van der Waals surface area contributed by atoms with Crippen molar-refractivity contribution < 1.29 is 18.8 Å². The molecule has 1 aliphatic rings. The number of rotatable bonds is 7. The van der Waals surface area contributed by atoms with Crippen molar-refractivity contribution in [2.45, 2.75) is 31.8 Å².